The first-order valence-corrected chi connectivity index (χ1v) is 7.07. The second-order valence-corrected chi connectivity index (χ2v) is 5.60. The standard InChI is InChI=1S/C15H20FN3/c16-11-7-5-10(6-8-11)13-9-14(13)19-15(17)18-12-3-1-2-4-12/h5-8,12-14H,1-4,9H2,(H3,17,18,19)/t13-,14+/m0/s1. The second-order valence-electron chi connectivity index (χ2n) is 5.60. The van der Waals surface area contributed by atoms with Crippen LogP contribution in [-0.4, -0.2) is 18.0 Å². The zero-order valence-electron chi connectivity index (χ0n) is 11.0. The zero-order chi connectivity index (χ0) is 13.2. The van der Waals surface area contributed by atoms with Crippen LogP contribution in [0, 0.1) is 5.82 Å². The van der Waals surface area contributed by atoms with Crippen LogP contribution in [0.3, 0.4) is 0 Å². The Morgan fingerprint density at radius 3 is 2.58 bits per heavy atom. The Labute approximate surface area is 113 Å². The Hall–Kier alpha value is -1.58. The monoisotopic (exact) mass is 261 g/mol. The minimum Gasteiger partial charge on any atom is -0.370 e. The summed E-state index contributed by atoms with van der Waals surface area (Å²) < 4.78 is 12.8. The van der Waals surface area contributed by atoms with E-state index in [1.807, 2.05) is 12.1 Å². The van der Waals surface area contributed by atoms with Gasteiger partial charge in [-0.1, -0.05) is 25.0 Å². The van der Waals surface area contributed by atoms with Crippen molar-refractivity contribution in [2.75, 3.05) is 0 Å². The van der Waals surface area contributed by atoms with Crippen molar-refractivity contribution in [3.8, 4) is 0 Å². The van der Waals surface area contributed by atoms with Crippen molar-refractivity contribution in [3.05, 3.63) is 35.6 Å². The molecule has 0 heterocycles. The Balaban J connectivity index is 1.55. The normalized spacial score (nSPS) is 27.5. The highest BCUT2D eigenvalue weighted by molar-refractivity contribution is 5.78. The molecule has 0 bridgehead atoms. The van der Waals surface area contributed by atoms with E-state index < -0.39 is 0 Å². The van der Waals surface area contributed by atoms with Crippen LogP contribution in [-0.2, 0) is 0 Å². The molecule has 2 fully saturated rings. The molecule has 3 rings (SSSR count). The lowest BCUT2D eigenvalue weighted by atomic mass is 10.1. The van der Waals surface area contributed by atoms with E-state index in [2.05, 4.69) is 10.3 Å². The Morgan fingerprint density at radius 2 is 1.89 bits per heavy atom. The summed E-state index contributed by atoms with van der Waals surface area (Å²) in [6, 6.07) is 7.47. The lowest BCUT2D eigenvalue weighted by Gasteiger charge is -2.12. The molecule has 2 aliphatic rings. The highest BCUT2D eigenvalue weighted by atomic mass is 19.1. The van der Waals surface area contributed by atoms with Crippen molar-refractivity contribution in [2.24, 2.45) is 10.7 Å². The summed E-state index contributed by atoms with van der Waals surface area (Å²) >= 11 is 0. The molecule has 102 valence electrons. The fourth-order valence-electron chi connectivity index (χ4n) is 2.89. The van der Waals surface area contributed by atoms with E-state index in [1.54, 1.807) is 0 Å². The van der Waals surface area contributed by atoms with Gasteiger partial charge in [0.05, 0.1) is 6.04 Å². The topological polar surface area (TPSA) is 50.4 Å². The molecule has 4 heteroatoms. The average molecular weight is 261 g/mol. The second kappa shape index (κ2) is 5.19. The third kappa shape index (κ3) is 3.06. The maximum absolute atomic E-state index is 12.8. The number of hydrogen-bond donors (Lipinski definition) is 2. The molecule has 0 unspecified atom stereocenters. The molecule has 1 aromatic rings. The summed E-state index contributed by atoms with van der Waals surface area (Å²) in [5.74, 6) is 0.790. The molecule has 0 spiro atoms. The van der Waals surface area contributed by atoms with Gasteiger partial charge in [0.25, 0.3) is 0 Å². The first-order valence-electron chi connectivity index (χ1n) is 7.07. The molecule has 0 saturated heterocycles. The van der Waals surface area contributed by atoms with Crippen molar-refractivity contribution in [1.82, 2.24) is 5.32 Å². The molecule has 2 saturated carbocycles. The fourth-order valence-corrected chi connectivity index (χ4v) is 2.89. The van der Waals surface area contributed by atoms with Crippen molar-refractivity contribution in [2.45, 2.75) is 50.1 Å². The number of rotatable bonds is 3. The Bertz CT molecular complexity index is 463. The van der Waals surface area contributed by atoms with Crippen LogP contribution in [0.5, 0.6) is 0 Å². The van der Waals surface area contributed by atoms with Gasteiger partial charge < -0.3 is 11.1 Å². The smallest absolute Gasteiger partial charge is 0.189 e. The lowest BCUT2D eigenvalue weighted by Crippen LogP contribution is -2.38. The van der Waals surface area contributed by atoms with Gasteiger partial charge in [-0.05, 0) is 37.0 Å². The average Bonchev–Trinajstić information content (AvgIpc) is 2.95. The Kier molecular flexibility index (Phi) is 3.40. The van der Waals surface area contributed by atoms with E-state index >= 15 is 0 Å². The molecule has 0 aromatic heterocycles. The minimum atomic E-state index is -0.188. The minimum absolute atomic E-state index is 0.188. The summed E-state index contributed by atoms with van der Waals surface area (Å²) in [6.07, 6.45) is 5.97. The van der Waals surface area contributed by atoms with Crippen molar-refractivity contribution >= 4 is 5.96 Å². The van der Waals surface area contributed by atoms with Crippen LogP contribution in [0.4, 0.5) is 4.39 Å². The van der Waals surface area contributed by atoms with Crippen LogP contribution in [0.1, 0.15) is 43.6 Å². The first kappa shape index (κ1) is 12.5. The predicted octanol–water partition coefficient (Wildman–Crippen LogP) is 2.53. The Morgan fingerprint density at radius 1 is 1.21 bits per heavy atom. The predicted molar refractivity (Wildman–Crippen MR) is 74.6 cm³/mol. The lowest BCUT2D eigenvalue weighted by molar-refractivity contribution is 0.624. The van der Waals surface area contributed by atoms with E-state index in [-0.39, 0.29) is 11.9 Å². The maximum Gasteiger partial charge on any atom is 0.189 e. The van der Waals surface area contributed by atoms with Crippen LogP contribution in [0.15, 0.2) is 29.3 Å². The number of hydrogen-bond acceptors (Lipinski definition) is 1. The third-order valence-corrected chi connectivity index (χ3v) is 4.07. The van der Waals surface area contributed by atoms with E-state index in [0.717, 1.165) is 12.0 Å². The van der Waals surface area contributed by atoms with Crippen LogP contribution < -0.4 is 11.1 Å². The summed E-state index contributed by atoms with van der Waals surface area (Å²) in [5, 5.41) is 3.30. The quantitative estimate of drug-likeness (QED) is 0.649. The third-order valence-electron chi connectivity index (χ3n) is 4.07. The molecule has 0 amide bonds. The fraction of sp³-hybridized carbons (Fsp3) is 0.533. The molecular formula is C15H20FN3. The van der Waals surface area contributed by atoms with E-state index in [0.29, 0.717) is 17.9 Å². The molecule has 2 atom stereocenters. The number of nitrogens with one attached hydrogen (secondary N) is 1. The largest absolute Gasteiger partial charge is 0.370 e. The molecule has 2 aliphatic carbocycles. The van der Waals surface area contributed by atoms with Gasteiger partial charge in [-0.15, -0.1) is 0 Å². The van der Waals surface area contributed by atoms with Crippen LogP contribution in [0.25, 0.3) is 0 Å². The van der Waals surface area contributed by atoms with Crippen LogP contribution in [0.2, 0.25) is 0 Å². The van der Waals surface area contributed by atoms with E-state index in [9.17, 15) is 4.39 Å². The molecule has 0 aliphatic heterocycles. The number of nitrogens with two attached hydrogens (primary N) is 1. The van der Waals surface area contributed by atoms with Crippen molar-refractivity contribution in [1.29, 1.82) is 0 Å². The highest BCUT2D eigenvalue weighted by Gasteiger charge is 2.38. The summed E-state index contributed by atoms with van der Waals surface area (Å²) in [5.41, 5.74) is 7.09. The molecule has 3 N–H and O–H groups in total. The van der Waals surface area contributed by atoms with E-state index in [1.165, 1.54) is 37.8 Å². The molecular weight excluding hydrogens is 241 g/mol. The van der Waals surface area contributed by atoms with Gasteiger partial charge in [0.2, 0.25) is 0 Å². The van der Waals surface area contributed by atoms with Gasteiger partial charge in [0, 0.05) is 12.0 Å². The molecule has 1 aromatic carbocycles. The van der Waals surface area contributed by atoms with Gasteiger partial charge in [-0.3, -0.25) is 0 Å². The number of halogens is 1. The zero-order valence-corrected chi connectivity index (χ0v) is 11.0. The van der Waals surface area contributed by atoms with Gasteiger partial charge in [-0.2, -0.15) is 0 Å². The highest BCUT2D eigenvalue weighted by Crippen LogP contribution is 2.43. The number of benzene rings is 1. The van der Waals surface area contributed by atoms with Crippen molar-refractivity contribution in [3.63, 3.8) is 0 Å². The summed E-state index contributed by atoms with van der Waals surface area (Å²) in [7, 11) is 0. The van der Waals surface area contributed by atoms with Crippen LogP contribution >= 0.6 is 0 Å². The summed E-state index contributed by atoms with van der Waals surface area (Å²) in [4.78, 5) is 4.52. The molecule has 0 radical (unpaired) electrons. The van der Waals surface area contributed by atoms with Crippen molar-refractivity contribution < 1.29 is 4.39 Å². The maximum atomic E-state index is 12.8. The van der Waals surface area contributed by atoms with Gasteiger partial charge >= 0.3 is 0 Å². The number of aliphatic imine (C=N–C) groups is 1. The van der Waals surface area contributed by atoms with Gasteiger partial charge in [0.15, 0.2) is 5.96 Å². The number of nitrogens with zero attached hydrogens (tertiary/aromatic N) is 1. The summed E-state index contributed by atoms with van der Waals surface area (Å²) in [6.45, 7) is 0. The first-order chi connectivity index (χ1) is 9.22. The van der Waals surface area contributed by atoms with Gasteiger partial charge in [-0.25, -0.2) is 9.38 Å². The van der Waals surface area contributed by atoms with Gasteiger partial charge in [0.1, 0.15) is 5.82 Å². The van der Waals surface area contributed by atoms with E-state index in [4.69, 9.17) is 5.73 Å². The SMILES string of the molecule is NC(=N[C@@H]1C[C@H]1c1ccc(F)cc1)NC1CCCC1. The molecule has 19 heavy (non-hydrogen) atoms. The molecule has 3 nitrogen and oxygen atoms in total. The number of guanidine groups is 1.